The van der Waals surface area contributed by atoms with Crippen LogP contribution < -0.4 is 15.4 Å². The number of para-hydroxylation sites is 1. The summed E-state index contributed by atoms with van der Waals surface area (Å²) in [6.07, 6.45) is 2.43. The fourth-order valence-corrected chi connectivity index (χ4v) is 5.66. The van der Waals surface area contributed by atoms with Crippen LogP contribution >= 0.6 is 11.8 Å². The zero-order chi connectivity index (χ0) is 27.3. The summed E-state index contributed by atoms with van der Waals surface area (Å²) in [5.74, 6) is 0.466. The van der Waals surface area contributed by atoms with Gasteiger partial charge in [-0.05, 0) is 36.6 Å². The lowest BCUT2D eigenvalue weighted by Crippen LogP contribution is -2.62. The number of amides is 2. The third kappa shape index (κ3) is 5.62. The fraction of sp³-hybridized carbons (Fsp3) is 0.379. The van der Waals surface area contributed by atoms with Gasteiger partial charge in [0, 0.05) is 35.0 Å². The second kappa shape index (κ2) is 11.9. The van der Waals surface area contributed by atoms with Crippen molar-refractivity contribution >= 4 is 35.1 Å². The van der Waals surface area contributed by atoms with E-state index in [2.05, 4.69) is 22.2 Å². The number of ether oxygens (including phenoxy) is 1. The van der Waals surface area contributed by atoms with Gasteiger partial charge >= 0.3 is 0 Å². The Morgan fingerprint density at radius 3 is 2.79 bits per heavy atom. The van der Waals surface area contributed by atoms with Gasteiger partial charge in [-0.15, -0.1) is 0 Å². The van der Waals surface area contributed by atoms with Gasteiger partial charge in [-0.2, -0.15) is 0 Å². The molecule has 9 heteroatoms. The average Bonchev–Trinajstić information content (AvgIpc) is 2.93. The molecule has 200 valence electrons. The second-order valence-electron chi connectivity index (χ2n) is 9.58. The summed E-state index contributed by atoms with van der Waals surface area (Å²) < 4.78 is 5.73. The lowest BCUT2D eigenvalue weighted by molar-refractivity contribution is -0.132. The van der Waals surface area contributed by atoms with Crippen LogP contribution in [0.2, 0.25) is 0 Å². The number of fused-ring (bicyclic) bond motifs is 1. The number of nitrogens with zero attached hydrogens (tertiary/aromatic N) is 2. The quantitative estimate of drug-likeness (QED) is 0.303. The zero-order valence-corrected chi connectivity index (χ0v) is 22.9. The van der Waals surface area contributed by atoms with Crippen molar-refractivity contribution in [3.63, 3.8) is 0 Å². The summed E-state index contributed by atoms with van der Waals surface area (Å²) in [7, 11) is 1.67. The van der Waals surface area contributed by atoms with Gasteiger partial charge in [-0.3, -0.25) is 24.9 Å². The van der Waals surface area contributed by atoms with Crippen LogP contribution in [0, 0.1) is 5.41 Å². The van der Waals surface area contributed by atoms with Gasteiger partial charge in [0.05, 0.1) is 30.7 Å². The average molecular weight is 534 g/mol. The van der Waals surface area contributed by atoms with Crippen LogP contribution in [0.3, 0.4) is 0 Å². The molecular weight excluding hydrogens is 498 g/mol. The molecule has 0 saturated carbocycles. The van der Waals surface area contributed by atoms with Crippen LogP contribution in [0.5, 0.6) is 5.75 Å². The van der Waals surface area contributed by atoms with E-state index in [1.807, 2.05) is 44.2 Å². The van der Waals surface area contributed by atoms with Crippen LogP contribution in [0.4, 0.5) is 0 Å². The molecule has 0 radical (unpaired) electrons. The summed E-state index contributed by atoms with van der Waals surface area (Å²) in [5.41, 5.74) is 3.35. The van der Waals surface area contributed by atoms with Gasteiger partial charge in [0.2, 0.25) is 5.91 Å². The molecule has 2 aliphatic heterocycles. The molecule has 38 heavy (non-hydrogen) atoms. The molecule has 0 unspecified atom stereocenters. The van der Waals surface area contributed by atoms with Crippen LogP contribution in [-0.4, -0.2) is 47.4 Å². The molecule has 0 bridgehead atoms. The lowest BCUT2D eigenvalue weighted by atomic mass is 9.86. The molecule has 2 heterocycles. The summed E-state index contributed by atoms with van der Waals surface area (Å²) in [6, 6.07) is 14.1. The van der Waals surface area contributed by atoms with E-state index in [9.17, 15) is 9.59 Å². The highest BCUT2D eigenvalue weighted by atomic mass is 32.2. The molecule has 1 fully saturated rings. The molecule has 3 N–H and O–H groups in total. The predicted molar refractivity (Wildman–Crippen MR) is 153 cm³/mol. The third-order valence-electron chi connectivity index (χ3n) is 7.34. The van der Waals surface area contributed by atoms with Gasteiger partial charge in [0.15, 0.2) is 5.96 Å². The maximum Gasteiger partial charge on any atom is 0.251 e. The lowest BCUT2D eigenvalue weighted by Gasteiger charge is -2.45. The van der Waals surface area contributed by atoms with Gasteiger partial charge in [0.1, 0.15) is 5.75 Å². The maximum atomic E-state index is 13.5. The highest BCUT2D eigenvalue weighted by Gasteiger charge is 2.43. The van der Waals surface area contributed by atoms with Crippen molar-refractivity contribution in [1.82, 2.24) is 15.5 Å². The fourth-order valence-electron chi connectivity index (χ4n) is 5.05. The number of hydrogen-bond donors (Lipinski definition) is 3. The first-order chi connectivity index (χ1) is 18.3. The summed E-state index contributed by atoms with van der Waals surface area (Å²) in [5, 5.41) is 15.2. The highest BCUT2D eigenvalue weighted by Crippen LogP contribution is 2.38. The summed E-state index contributed by atoms with van der Waals surface area (Å²) in [4.78, 5) is 33.0. The molecule has 2 aromatic rings. The highest BCUT2D eigenvalue weighted by molar-refractivity contribution is 8.15. The molecule has 8 nitrogen and oxygen atoms in total. The number of rotatable bonds is 9. The van der Waals surface area contributed by atoms with E-state index in [1.54, 1.807) is 30.8 Å². The SMILES string of the molecule is C=C(S/C=N\C)[C@@H](c1cccc(C(=O)N[C@H]2CCOc3ccccc32)c1)N1C(=N)NC(CC)(CC)CC1=O. The molecule has 1 saturated heterocycles. The molecule has 0 aliphatic carbocycles. The number of nitrogens with one attached hydrogen (secondary N) is 3. The third-order valence-corrected chi connectivity index (χ3v) is 8.18. The predicted octanol–water partition coefficient (Wildman–Crippen LogP) is 5.20. The van der Waals surface area contributed by atoms with Gasteiger partial charge in [-0.1, -0.05) is 62.5 Å². The topological polar surface area (TPSA) is 107 Å². The van der Waals surface area contributed by atoms with E-state index in [-0.39, 0.29) is 30.2 Å². The summed E-state index contributed by atoms with van der Waals surface area (Å²) in [6.45, 7) is 8.80. The first kappa shape index (κ1) is 27.4. The van der Waals surface area contributed by atoms with Crippen LogP contribution in [0.15, 0.2) is 65.0 Å². The van der Waals surface area contributed by atoms with E-state index < -0.39 is 11.6 Å². The van der Waals surface area contributed by atoms with Crippen molar-refractivity contribution in [3.8, 4) is 5.75 Å². The smallest absolute Gasteiger partial charge is 0.251 e. The molecular formula is C29H35N5O3S. The number of carbonyl (C=O) groups excluding carboxylic acids is 2. The molecule has 0 spiro atoms. The largest absolute Gasteiger partial charge is 0.493 e. The molecule has 2 amide bonds. The Morgan fingerprint density at radius 1 is 1.32 bits per heavy atom. The van der Waals surface area contributed by atoms with Crippen molar-refractivity contribution in [2.45, 2.75) is 57.2 Å². The molecule has 2 aliphatic rings. The van der Waals surface area contributed by atoms with Gasteiger partial charge < -0.3 is 15.4 Å². The van der Waals surface area contributed by atoms with Crippen molar-refractivity contribution < 1.29 is 14.3 Å². The monoisotopic (exact) mass is 533 g/mol. The number of hydrogen-bond acceptors (Lipinski definition) is 6. The minimum atomic E-state index is -0.645. The Kier molecular flexibility index (Phi) is 8.56. The Balaban J connectivity index is 1.63. The Bertz CT molecular complexity index is 1240. The minimum Gasteiger partial charge on any atom is -0.493 e. The second-order valence-corrected chi connectivity index (χ2v) is 10.5. The van der Waals surface area contributed by atoms with Crippen molar-refractivity contribution in [1.29, 1.82) is 5.41 Å². The molecule has 2 atom stereocenters. The van der Waals surface area contributed by atoms with Crippen molar-refractivity contribution in [2.24, 2.45) is 4.99 Å². The summed E-state index contributed by atoms with van der Waals surface area (Å²) >= 11 is 1.30. The van der Waals surface area contributed by atoms with Crippen LogP contribution in [-0.2, 0) is 4.79 Å². The minimum absolute atomic E-state index is 0.0406. The van der Waals surface area contributed by atoms with E-state index in [0.29, 0.717) is 29.1 Å². The Hall–Kier alpha value is -3.59. The van der Waals surface area contributed by atoms with Crippen LogP contribution in [0.25, 0.3) is 0 Å². The van der Waals surface area contributed by atoms with Crippen molar-refractivity contribution in [3.05, 3.63) is 76.7 Å². The van der Waals surface area contributed by atoms with E-state index >= 15 is 0 Å². The van der Waals surface area contributed by atoms with Crippen LogP contribution in [0.1, 0.15) is 73.1 Å². The van der Waals surface area contributed by atoms with Gasteiger partial charge in [-0.25, -0.2) is 0 Å². The first-order valence-corrected chi connectivity index (χ1v) is 13.8. The Labute approximate surface area is 228 Å². The number of thioether (sulfide) groups is 1. The standard InChI is InChI=1S/C29H35N5O3S/c1-5-29(6-2)17-25(35)34(28(30)33-29)26(19(3)38-18-31-4)20-10-9-11-21(16-20)27(36)32-23-14-15-37-24-13-8-7-12-22(23)24/h7-13,16,18,23,26H,3,5-6,14-15,17H2,1-2,4H3,(H2,30,33)(H,32,36)/b31-18-/t23-,26-/m0/s1. The van der Waals surface area contributed by atoms with Crippen molar-refractivity contribution in [2.75, 3.05) is 13.7 Å². The zero-order valence-electron chi connectivity index (χ0n) is 22.1. The normalized spacial score (nSPS) is 19.3. The van der Waals surface area contributed by atoms with E-state index in [4.69, 9.17) is 10.1 Å². The molecule has 2 aromatic carbocycles. The molecule has 0 aromatic heterocycles. The van der Waals surface area contributed by atoms with Gasteiger partial charge in [0.25, 0.3) is 5.91 Å². The number of carbonyl (C=O) groups is 2. The number of aliphatic imine (C=N–C) groups is 1. The van der Waals surface area contributed by atoms with E-state index in [0.717, 1.165) is 24.2 Å². The first-order valence-electron chi connectivity index (χ1n) is 12.9. The molecule has 4 rings (SSSR count). The maximum absolute atomic E-state index is 13.5. The number of guanidine groups is 1. The van der Waals surface area contributed by atoms with E-state index in [1.165, 1.54) is 16.7 Å². The Morgan fingerprint density at radius 2 is 2.08 bits per heavy atom. The number of benzene rings is 2.